The van der Waals surface area contributed by atoms with Crippen LogP contribution < -0.4 is 5.32 Å². The number of hydrogen-bond donors (Lipinski definition) is 1. The zero-order chi connectivity index (χ0) is 14.7. The van der Waals surface area contributed by atoms with E-state index in [1.54, 1.807) is 17.5 Å². The van der Waals surface area contributed by atoms with Crippen LogP contribution in [0.1, 0.15) is 55.9 Å². The van der Waals surface area contributed by atoms with Crippen molar-refractivity contribution in [3.05, 3.63) is 44.6 Å². The van der Waals surface area contributed by atoms with Gasteiger partial charge in [-0.05, 0) is 47.3 Å². The van der Waals surface area contributed by atoms with E-state index in [-0.39, 0.29) is 6.04 Å². The van der Waals surface area contributed by atoms with Gasteiger partial charge in [0.25, 0.3) is 0 Å². The zero-order valence-electron chi connectivity index (χ0n) is 12.2. The summed E-state index contributed by atoms with van der Waals surface area (Å²) in [5, 5.41) is 6.83. The molecule has 2 aromatic heterocycles. The Morgan fingerprint density at radius 3 is 2.50 bits per heavy atom. The van der Waals surface area contributed by atoms with Gasteiger partial charge in [0.2, 0.25) is 0 Å². The molecule has 108 valence electrons. The Labute approximate surface area is 133 Å². The van der Waals surface area contributed by atoms with Gasteiger partial charge >= 0.3 is 0 Å². The average Bonchev–Trinajstić information content (AvgIpc) is 2.85. The SMILES string of the molecule is CC(C)NC(c1cncc(Br)c1)c1nc(C(C)C)cs1. The summed E-state index contributed by atoms with van der Waals surface area (Å²) in [7, 11) is 0. The predicted octanol–water partition coefficient (Wildman–Crippen LogP) is 4.51. The fourth-order valence-electron chi connectivity index (χ4n) is 1.93. The van der Waals surface area contributed by atoms with Gasteiger partial charge < -0.3 is 5.32 Å². The Bertz CT molecular complexity index is 566. The van der Waals surface area contributed by atoms with E-state index in [0.717, 1.165) is 20.7 Å². The standard InChI is InChI=1S/C15H20BrN3S/c1-9(2)13-8-20-15(19-13)14(18-10(3)4)11-5-12(16)7-17-6-11/h5-10,14,18H,1-4H3. The van der Waals surface area contributed by atoms with Gasteiger partial charge in [-0.25, -0.2) is 4.98 Å². The van der Waals surface area contributed by atoms with Crippen molar-refractivity contribution in [1.82, 2.24) is 15.3 Å². The number of nitrogens with one attached hydrogen (secondary N) is 1. The van der Waals surface area contributed by atoms with Crippen LogP contribution in [0.15, 0.2) is 28.3 Å². The number of aromatic nitrogens is 2. The number of nitrogens with zero attached hydrogens (tertiary/aromatic N) is 2. The molecular weight excluding hydrogens is 334 g/mol. The van der Waals surface area contributed by atoms with E-state index < -0.39 is 0 Å². The Morgan fingerprint density at radius 1 is 1.20 bits per heavy atom. The third kappa shape index (κ3) is 3.87. The predicted molar refractivity (Wildman–Crippen MR) is 88.3 cm³/mol. The molecule has 0 bridgehead atoms. The van der Waals surface area contributed by atoms with Gasteiger partial charge in [0.1, 0.15) is 5.01 Å². The molecule has 1 unspecified atom stereocenters. The largest absolute Gasteiger partial charge is 0.302 e. The molecule has 0 fully saturated rings. The van der Waals surface area contributed by atoms with Crippen LogP contribution in [0.5, 0.6) is 0 Å². The minimum Gasteiger partial charge on any atom is -0.302 e. The fraction of sp³-hybridized carbons (Fsp3) is 0.467. The van der Waals surface area contributed by atoms with Crippen molar-refractivity contribution in [3.63, 3.8) is 0 Å². The molecule has 0 saturated heterocycles. The van der Waals surface area contributed by atoms with Crippen LogP contribution in [0, 0.1) is 0 Å². The third-order valence-electron chi connectivity index (χ3n) is 2.94. The number of thiazole rings is 1. The first-order chi connectivity index (χ1) is 9.47. The van der Waals surface area contributed by atoms with Crippen LogP contribution >= 0.6 is 27.3 Å². The zero-order valence-corrected chi connectivity index (χ0v) is 14.6. The molecule has 2 heterocycles. The quantitative estimate of drug-likeness (QED) is 0.858. The van der Waals surface area contributed by atoms with Gasteiger partial charge in [-0.15, -0.1) is 11.3 Å². The lowest BCUT2D eigenvalue weighted by Crippen LogP contribution is -2.29. The van der Waals surface area contributed by atoms with E-state index in [0.29, 0.717) is 12.0 Å². The van der Waals surface area contributed by atoms with Crippen molar-refractivity contribution in [3.8, 4) is 0 Å². The van der Waals surface area contributed by atoms with E-state index in [2.05, 4.69) is 65.4 Å². The first-order valence-corrected chi connectivity index (χ1v) is 8.46. The molecular formula is C15H20BrN3S. The highest BCUT2D eigenvalue weighted by Gasteiger charge is 2.20. The van der Waals surface area contributed by atoms with Crippen LogP contribution in [0.4, 0.5) is 0 Å². The highest BCUT2D eigenvalue weighted by Crippen LogP contribution is 2.28. The summed E-state index contributed by atoms with van der Waals surface area (Å²) < 4.78 is 0.992. The fourth-order valence-corrected chi connectivity index (χ4v) is 3.38. The lowest BCUT2D eigenvalue weighted by molar-refractivity contribution is 0.524. The molecule has 0 spiro atoms. The molecule has 0 radical (unpaired) electrons. The van der Waals surface area contributed by atoms with Crippen LogP contribution in [-0.4, -0.2) is 16.0 Å². The van der Waals surface area contributed by atoms with Crippen LogP contribution in [-0.2, 0) is 0 Å². The van der Waals surface area contributed by atoms with Gasteiger partial charge in [-0.2, -0.15) is 0 Å². The van der Waals surface area contributed by atoms with Crippen molar-refractivity contribution in [2.45, 2.75) is 45.7 Å². The molecule has 0 amide bonds. The molecule has 20 heavy (non-hydrogen) atoms. The Balaban J connectivity index is 2.36. The molecule has 1 atom stereocenters. The number of halogens is 1. The van der Waals surface area contributed by atoms with E-state index in [1.165, 1.54) is 0 Å². The summed E-state index contributed by atoms with van der Waals surface area (Å²) >= 11 is 5.20. The molecule has 0 aromatic carbocycles. The van der Waals surface area contributed by atoms with Crippen molar-refractivity contribution < 1.29 is 0 Å². The van der Waals surface area contributed by atoms with E-state index >= 15 is 0 Å². The molecule has 5 heteroatoms. The second-order valence-electron chi connectivity index (χ2n) is 5.46. The molecule has 2 rings (SSSR count). The highest BCUT2D eigenvalue weighted by molar-refractivity contribution is 9.10. The summed E-state index contributed by atoms with van der Waals surface area (Å²) in [6.45, 7) is 8.64. The normalized spacial score (nSPS) is 13.2. The number of pyridine rings is 1. The van der Waals surface area contributed by atoms with E-state index in [9.17, 15) is 0 Å². The number of hydrogen-bond acceptors (Lipinski definition) is 4. The van der Waals surface area contributed by atoms with Crippen LogP contribution in [0.2, 0.25) is 0 Å². The second kappa shape index (κ2) is 6.78. The monoisotopic (exact) mass is 353 g/mol. The van der Waals surface area contributed by atoms with Gasteiger partial charge in [0.15, 0.2) is 0 Å². The molecule has 0 aliphatic heterocycles. The Hall–Kier alpha value is -0.780. The molecule has 0 aliphatic rings. The first-order valence-electron chi connectivity index (χ1n) is 6.79. The van der Waals surface area contributed by atoms with Gasteiger partial charge in [0.05, 0.1) is 11.7 Å². The summed E-state index contributed by atoms with van der Waals surface area (Å²) in [6, 6.07) is 2.58. The molecule has 0 saturated carbocycles. The first kappa shape index (κ1) is 15.6. The minimum absolute atomic E-state index is 0.0949. The highest BCUT2D eigenvalue weighted by atomic mass is 79.9. The van der Waals surface area contributed by atoms with Crippen LogP contribution in [0.25, 0.3) is 0 Å². The topological polar surface area (TPSA) is 37.8 Å². The molecule has 2 aromatic rings. The lowest BCUT2D eigenvalue weighted by Gasteiger charge is -2.19. The maximum Gasteiger partial charge on any atom is 0.114 e. The lowest BCUT2D eigenvalue weighted by atomic mass is 10.1. The summed E-state index contributed by atoms with van der Waals surface area (Å²) in [5.41, 5.74) is 2.29. The Kier molecular flexibility index (Phi) is 5.29. The summed E-state index contributed by atoms with van der Waals surface area (Å²) in [5.74, 6) is 0.459. The minimum atomic E-state index is 0.0949. The Morgan fingerprint density at radius 2 is 1.95 bits per heavy atom. The van der Waals surface area contributed by atoms with Crippen molar-refractivity contribution in [1.29, 1.82) is 0 Å². The summed E-state index contributed by atoms with van der Waals surface area (Å²) in [4.78, 5) is 9.05. The van der Waals surface area contributed by atoms with Crippen molar-refractivity contribution in [2.24, 2.45) is 0 Å². The van der Waals surface area contributed by atoms with Crippen molar-refractivity contribution in [2.75, 3.05) is 0 Å². The smallest absolute Gasteiger partial charge is 0.114 e. The maximum absolute atomic E-state index is 4.78. The summed E-state index contributed by atoms with van der Waals surface area (Å²) in [6.07, 6.45) is 3.71. The van der Waals surface area contributed by atoms with E-state index in [4.69, 9.17) is 4.98 Å². The average molecular weight is 354 g/mol. The van der Waals surface area contributed by atoms with Gasteiger partial charge in [-0.3, -0.25) is 4.98 Å². The van der Waals surface area contributed by atoms with Gasteiger partial charge in [0, 0.05) is 28.3 Å². The van der Waals surface area contributed by atoms with E-state index in [1.807, 2.05) is 6.20 Å². The van der Waals surface area contributed by atoms with Gasteiger partial charge in [-0.1, -0.05) is 13.8 Å². The molecule has 3 nitrogen and oxygen atoms in total. The molecule has 1 N–H and O–H groups in total. The van der Waals surface area contributed by atoms with Crippen LogP contribution in [0.3, 0.4) is 0 Å². The maximum atomic E-state index is 4.78. The second-order valence-corrected chi connectivity index (χ2v) is 7.26. The van der Waals surface area contributed by atoms with Crippen molar-refractivity contribution >= 4 is 27.3 Å². The third-order valence-corrected chi connectivity index (χ3v) is 4.30. The number of rotatable bonds is 5. The molecule has 0 aliphatic carbocycles.